The normalized spacial score (nSPS) is 19.5. The van der Waals surface area contributed by atoms with Gasteiger partial charge in [0.2, 0.25) is 0 Å². The molecule has 1 saturated heterocycles. The molecule has 1 aromatic rings. The minimum Gasteiger partial charge on any atom is -0.370 e. The maximum absolute atomic E-state index is 9.43. The van der Waals surface area contributed by atoms with E-state index in [2.05, 4.69) is 43.9 Å². The summed E-state index contributed by atoms with van der Waals surface area (Å²) in [4.78, 5) is 3.47. The minimum atomic E-state index is 0.346. The van der Waals surface area contributed by atoms with E-state index in [4.69, 9.17) is 0 Å². The third kappa shape index (κ3) is 2.90. The van der Waals surface area contributed by atoms with Crippen molar-refractivity contribution in [3.63, 3.8) is 0 Å². The number of thioether (sulfide) groups is 1. The highest BCUT2D eigenvalue weighted by Crippen LogP contribution is 2.38. The molecule has 0 aromatic heterocycles. The molecule has 0 amide bonds. The zero-order valence-corrected chi connectivity index (χ0v) is 13.0. The molecule has 1 aromatic carbocycles. The van der Waals surface area contributed by atoms with Crippen molar-refractivity contribution in [3.8, 4) is 6.07 Å². The maximum atomic E-state index is 9.43. The summed E-state index contributed by atoms with van der Waals surface area (Å²) in [6.07, 6.45) is 3.25. The molecular weight excluding hydrogens is 252 g/mol. The zero-order valence-electron chi connectivity index (χ0n) is 12.2. The lowest BCUT2D eigenvalue weighted by atomic mass is 9.80. The Morgan fingerprint density at radius 2 is 2.11 bits per heavy atom. The summed E-state index contributed by atoms with van der Waals surface area (Å²) in [5.41, 5.74) is 2.30. The molecule has 2 nitrogen and oxygen atoms in total. The van der Waals surface area contributed by atoms with E-state index in [0.717, 1.165) is 29.2 Å². The van der Waals surface area contributed by atoms with Gasteiger partial charge in [-0.3, -0.25) is 0 Å². The van der Waals surface area contributed by atoms with Gasteiger partial charge < -0.3 is 4.90 Å². The average molecular weight is 274 g/mol. The summed E-state index contributed by atoms with van der Waals surface area (Å²) in [5.74, 6) is 0.706. The van der Waals surface area contributed by atoms with Gasteiger partial charge in [0.05, 0.1) is 11.3 Å². The number of hydrogen-bond donors (Lipinski definition) is 0. The quantitative estimate of drug-likeness (QED) is 0.758. The van der Waals surface area contributed by atoms with Crippen LogP contribution in [-0.2, 0) is 0 Å². The molecule has 102 valence electrons. The van der Waals surface area contributed by atoms with E-state index in [0.29, 0.717) is 11.3 Å². The molecule has 1 fully saturated rings. The summed E-state index contributed by atoms with van der Waals surface area (Å²) in [6, 6.07) is 8.56. The Morgan fingerprint density at radius 1 is 1.37 bits per heavy atom. The first-order valence-corrected chi connectivity index (χ1v) is 8.02. The highest BCUT2D eigenvalue weighted by atomic mass is 32.2. The third-order valence-electron chi connectivity index (χ3n) is 4.09. The topological polar surface area (TPSA) is 27.0 Å². The van der Waals surface area contributed by atoms with Crippen molar-refractivity contribution in [2.75, 3.05) is 24.2 Å². The van der Waals surface area contributed by atoms with Gasteiger partial charge in [0.25, 0.3) is 0 Å². The number of rotatable bonds is 2. The molecule has 19 heavy (non-hydrogen) atoms. The van der Waals surface area contributed by atoms with Gasteiger partial charge in [-0.05, 0) is 36.1 Å². The zero-order chi connectivity index (χ0) is 14.0. The number of nitrogens with zero attached hydrogens (tertiary/aromatic N) is 2. The molecule has 3 heteroatoms. The Labute approximate surface area is 120 Å². The van der Waals surface area contributed by atoms with Crippen molar-refractivity contribution >= 4 is 17.4 Å². The van der Waals surface area contributed by atoms with Crippen molar-refractivity contribution < 1.29 is 0 Å². The fraction of sp³-hybridized carbons (Fsp3) is 0.562. The molecule has 1 aliphatic rings. The van der Waals surface area contributed by atoms with Crippen molar-refractivity contribution in [2.24, 2.45) is 11.3 Å². The van der Waals surface area contributed by atoms with Gasteiger partial charge in [-0.15, -0.1) is 11.8 Å². The van der Waals surface area contributed by atoms with Crippen molar-refractivity contribution in [3.05, 3.63) is 23.8 Å². The fourth-order valence-corrected chi connectivity index (χ4v) is 3.32. The monoisotopic (exact) mass is 274 g/mol. The van der Waals surface area contributed by atoms with Crippen LogP contribution in [0, 0.1) is 22.7 Å². The fourth-order valence-electron chi connectivity index (χ4n) is 2.75. The van der Waals surface area contributed by atoms with Crippen LogP contribution < -0.4 is 4.90 Å². The Hall–Kier alpha value is -1.14. The lowest BCUT2D eigenvalue weighted by Gasteiger charge is -2.28. The largest absolute Gasteiger partial charge is 0.370 e. The Kier molecular flexibility index (Phi) is 4.10. The number of anilines is 1. The van der Waals surface area contributed by atoms with Gasteiger partial charge in [-0.1, -0.05) is 26.8 Å². The van der Waals surface area contributed by atoms with Gasteiger partial charge in [-0.2, -0.15) is 5.26 Å². The van der Waals surface area contributed by atoms with Crippen LogP contribution in [0.3, 0.4) is 0 Å². The number of benzene rings is 1. The van der Waals surface area contributed by atoms with E-state index in [9.17, 15) is 5.26 Å². The van der Waals surface area contributed by atoms with Crippen LogP contribution in [0.15, 0.2) is 23.1 Å². The second-order valence-electron chi connectivity index (χ2n) is 6.26. The molecule has 0 bridgehead atoms. The first-order valence-electron chi connectivity index (χ1n) is 6.79. The van der Waals surface area contributed by atoms with Crippen molar-refractivity contribution in [1.82, 2.24) is 0 Å². The second-order valence-corrected chi connectivity index (χ2v) is 7.11. The average Bonchev–Trinajstić information content (AvgIpc) is 2.86. The summed E-state index contributed by atoms with van der Waals surface area (Å²) in [7, 11) is 0. The molecule has 1 aliphatic heterocycles. The lowest BCUT2D eigenvalue weighted by Crippen LogP contribution is -2.26. The Bertz CT molecular complexity index is 496. The molecule has 2 rings (SSSR count). The predicted octanol–water partition coefficient (Wildman–Crippen LogP) is 4.15. The smallest absolute Gasteiger partial charge is 0.103 e. The highest BCUT2D eigenvalue weighted by Gasteiger charge is 2.32. The van der Waals surface area contributed by atoms with E-state index in [1.54, 1.807) is 11.8 Å². The summed E-state index contributed by atoms with van der Waals surface area (Å²) < 4.78 is 0. The van der Waals surface area contributed by atoms with E-state index < -0.39 is 0 Å². The predicted molar refractivity (Wildman–Crippen MR) is 82.7 cm³/mol. The van der Waals surface area contributed by atoms with Crippen molar-refractivity contribution in [2.45, 2.75) is 32.1 Å². The van der Waals surface area contributed by atoms with E-state index >= 15 is 0 Å². The van der Waals surface area contributed by atoms with Crippen LogP contribution in [0.25, 0.3) is 0 Å². The molecule has 0 aliphatic carbocycles. The standard InChI is InChI=1S/C16H22N2S/c1-16(2,3)12-8-9-18(11-12)14-6-5-7-15(19-4)13(14)10-17/h5-7,12H,8-9,11H2,1-4H3. The van der Waals surface area contributed by atoms with Crippen LogP contribution in [0.5, 0.6) is 0 Å². The van der Waals surface area contributed by atoms with Crippen molar-refractivity contribution in [1.29, 1.82) is 5.26 Å². The number of hydrogen-bond acceptors (Lipinski definition) is 3. The molecule has 0 radical (unpaired) electrons. The molecular formula is C16H22N2S. The Balaban J connectivity index is 2.28. The molecule has 0 spiro atoms. The first kappa shape index (κ1) is 14.3. The molecule has 0 N–H and O–H groups in total. The second kappa shape index (κ2) is 5.46. The molecule has 0 saturated carbocycles. The van der Waals surface area contributed by atoms with E-state index in [-0.39, 0.29) is 0 Å². The first-order chi connectivity index (χ1) is 8.97. The van der Waals surface area contributed by atoms with Gasteiger partial charge >= 0.3 is 0 Å². The molecule has 1 atom stereocenters. The van der Waals surface area contributed by atoms with Crippen LogP contribution in [0.1, 0.15) is 32.8 Å². The minimum absolute atomic E-state index is 0.346. The van der Waals surface area contributed by atoms with E-state index in [1.807, 2.05) is 12.3 Å². The summed E-state index contributed by atoms with van der Waals surface area (Å²) >= 11 is 1.65. The summed E-state index contributed by atoms with van der Waals surface area (Å²) in [5, 5.41) is 9.43. The number of nitriles is 1. The van der Waals surface area contributed by atoms with Crippen LogP contribution in [0.2, 0.25) is 0 Å². The summed E-state index contributed by atoms with van der Waals surface area (Å²) in [6.45, 7) is 9.06. The SMILES string of the molecule is CSc1cccc(N2CCC(C(C)(C)C)C2)c1C#N. The Morgan fingerprint density at radius 3 is 2.63 bits per heavy atom. The molecule has 1 unspecified atom stereocenters. The van der Waals surface area contributed by atoms with Gasteiger partial charge in [0, 0.05) is 18.0 Å². The van der Waals surface area contributed by atoms with Crippen LogP contribution in [-0.4, -0.2) is 19.3 Å². The molecule has 1 heterocycles. The third-order valence-corrected chi connectivity index (χ3v) is 4.87. The van der Waals surface area contributed by atoms with Gasteiger partial charge in [0.1, 0.15) is 6.07 Å². The van der Waals surface area contributed by atoms with Crippen LogP contribution in [0.4, 0.5) is 5.69 Å². The highest BCUT2D eigenvalue weighted by molar-refractivity contribution is 7.98. The maximum Gasteiger partial charge on any atom is 0.103 e. The van der Waals surface area contributed by atoms with Gasteiger partial charge in [0.15, 0.2) is 0 Å². The van der Waals surface area contributed by atoms with E-state index in [1.165, 1.54) is 6.42 Å². The lowest BCUT2D eigenvalue weighted by molar-refractivity contribution is 0.263. The van der Waals surface area contributed by atoms with Crippen LogP contribution >= 0.6 is 11.8 Å². The van der Waals surface area contributed by atoms with Gasteiger partial charge in [-0.25, -0.2) is 0 Å².